The number of hydrogen-bond acceptors (Lipinski definition) is 5. The lowest BCUT2D eigenvalue weighted by Crippen LogP contribution is -2.29. The molecule has 1 aromatic rings. The Hall–Kier alpha value is -1.08. The third-order valence-electron chi connectivity index (χ3n) is 3.54. The zero-order chi connectivity index (χ0) is 14.7. The van der Waals surface area contributed by atoms with Gasteiger partial charge >= 0.3 is 7.12 Å². The molecule has 5 nitrogen and oxygen atoms in total. The van der Waals surface area contributed by atoms with Crippen LogP contribution in [0.15, 0.2) is 18.2 Å². The van der Waals surface area contributed by atoms with Gasteiger partial charge in [0, 0.05) is 13.0 Å². The molecule has 0 saturated heterocycles. The van der Waals surface area contributed by atoms with Crippen LogP contribution in [0.3, 0.4) is 0 Å². The zero-order valence-corrected chi connectivity index (χ0v) is 12.0. The fourth-order valence-corrected chi connectivity index (χ4v) is 2.49. The number of aliphatic hydroxyl groups excluding tert-OH is 1. The molecule has 0 aliphatic carbocycles. The van der Waals surface area contributed by atoms with Gasteiger partial charge in [-0.25, -0.2) is 0 Å². The Balaban J connectivity index is 2.13. The van der Waals surface area contributed by atoms with Crippen molar-refractivity contribution in [2.75, 3.05) is 6.54 Å². The van der Waals surface area contributed by atoms with Crippen LogP contribution in [0.1, 0.15) is 38.4 Å². The highest BCUT2D eigenvalue weighted by molar-refractivity contribution is 6.61. The van der Waals surface area contributed by atoms with Crippen LogP contribution in [0.2, 0.25) is 0 Å². The van der Waals surface area contributed by atoms with Crippen LogP contribution < -0.4 is 15.9 Å². The third kappa shape index (κ3) is 3.33. The Kier molecular flexibility index (Phi) is 5.04. The average molecular weight is 279 g/mol. The standard InChI is InChI=1S/C14H22BNO4/c1-3-10(6-9(2)17)19-11-4-5-12-13(7-11)15(18)20-14(12)8-16/h4-5,7,9-10,14,17-18H,3,6,8,16H2,1-2H3. The minimum Gasteiger partial charge on any atom is -0.490 e. The Morgan fingerprint density at radius 3 is 2.85 bits per heavy atom. The molecule has 0 saturated carbocycles. The van der Waals surface area contributed by atoms with E-state index in [0.717, 1.165) is 12.0 Å². The summed E-state index contributed by atoms with van der Waals surface area (Å²) < 4.78 is 11.2. The lowest BCUT2D eigenvalue weighted by molar-refractivity contribution is 0.103. The molecule has 0 bridgehead atoms. The average Bonchev–Trinajstić information content (AvgIpc) is 2.74. The first-order valence-corrected chi connectivity index (χ1v) is 7.07. The van der Waals surface area contributed by atoms with Gasteiger partial charge in [0.15, 0.2) is 0 Å². The summed E-state index contributed by atoms with van der Waals surface area (Å²) in [5.41, 5.74) is 7.24. The van der Waals surface area contributed by atoms with E-state index in [4.69, 9.17) is 15.1 Å². The first kappa shape index (κ1) is 15.3. The fourth-order valence-electron chi connectivity index (χ4n) is 2.49. The van der Waals surface area contributed by atoms with Crippen LogP contribution in [-0.2, 0) is 4.65 Å². The maximum absolute atomic E-state index is 9.87. The van der Waals surface area contributed by atoms with Crippen molar-refractivity contribution in [3.8, 4) is 5.75 Å². The molecule has 4 N–H and O–H groups in total. The molecule has 1 heterocycles. The molecule has 3 atom stereocenters. The van der Waals surface area contributed by atoms with E-state index >= 15 is 0 Å². The van der Waals surface area contributed by atoms with Crippen LogP contribution >= 0.6 is 0 Å². The topological polar surface area (TPSA) is 84.9 Å². The Morgan fingerprint density at radius 1 is 1.50 bits per heavy atom. The molecule has 1 aromatic carbocycles. The first-order chi connectivity index (χ1) is 9.55. The highest BCUT2D eigenvalue weighted by Crippen LogP contribution is 2.26. The number of rotatable bonds is 6. The summed E-state index contributed by atoms with van der Waals surface area (Å²) in [5, 5.41) is 19.3. The van der Waals surface area contributed by atoms with Crippen molar-refractivity contribution in [3.63, 3.8) is 0 Å². The first-order valence-electron chi connectivity index (χ1n) is 7.07. The molecule has 0 radical (unpaired) electrons. The molecule has 1 aliphatic rings. The summed E-state index contributed by atoms with van der Waals surface area (Å²) in [6.07, 6.45) is 0.695. The summed E-state index contributed by atoms with van der Waals surface area (Å²) >= 11 is 0. The van der Waals surface area contributed by atoms with E-state index in [2.05, 4.69) is 0 Å². The molecule has 2 rings (SSSR count). The third-order valence-corrected chi connectivity index (χ3v) is 3.54. The van der Waals surface area contributed by atoms with E-state index < -0.39 is 13.2 Å². The van der Waals surface area contributed by atoms with Crippen molar-refractivity contribution in [1.29, 1.82) is 0 Å². The quantitative estimate of drug-likeness (QED) is 0.654. The second-order valence-corrected chi connectivity index (χ2v) is 5.24. The van der Waals surface area contributed by atoms with Gasteiger partial charge in [0.2, 0.25) is 0 Å². The number of aliphatic hydroxyl groups is 1. The summed E-state index contributed by atoms with van der Waals surface area (Å²) in [4.78, 5) is 0. The number of benzene rings is 1. The fraction of sp³-hybridized carbons (Fsp3) is 0.571. The highest BCUT2D eigenvalue weighted by atomic mass is 16.5. The van der Waals surface area contributed by atoms with Crippen molar-refractivity contribution in [2.45, 2.75) is 45.0 Å². The van der Waals surface area contributed by atoms with Gasteiger partial charge < -0.3 is 25.3 Å². The molecule has 110 valence electrons. The second kappa shape index (κ2) is 6.58. The monoisotopic (exact) mass is 279 g/mol. The Labute approximate surface area is 119 Å². The summed E-state index contributed by atoms with van der Waals surface area (Å²) in [5.74, 6) is 0.677. The van der Waals surface area contributed by atoms with E-state index in [0.29, 0.717) is 24.2 Å². The molecule has 0 spiro atoms. The van der Waals surface area contributed by atoms with Crippen LogP contribution in [0.25, 0.3) is 0 Å². The van der Waals surface area contributed by atoms with Gasteiger partial charge in [-0.3, -0.25) is 0 Å². The van der Waals surface area contributed by atoms with Gasteiger partial charge in [-0.2, -0.15) is 0 Å². The van der Waals surface area contributed by atoms with E-state index in [1.165, 1.54) is 0 Å². The second-order valence-electron chi connectivity index (χ2n) is 5.24. The van der Waals surface area contributed by atoms with Gasteiger partial charge in [-0.05, 0) is 36.5 Å². The SMILES string of the molecule is CCC(CC(C)O)Oc1ccc2c(c1)B(O)OC2CN. The molecule has 3 unspecified atom stereocenters. The van der Waals surface area contributed by atoms with Gasteiger partial charge in [0.05, 0.1) is 12.2 Å². The van der Waals surface area contributed by atoms with Crippen LogP contribution in [-0.4, -0.2) is 36.0 Å². The van der Waals surface area contributed by atoms with Gasteiger partial charge in [-0.15, -0.1) is 0 Å². The summed E-state index contributed by atoms with van der Waals surface area (Å²) in [6, 6.07) is 5.53. The van der Waals surface area contributed by atoms with Crippen molar-refractivity contribution >= 4 is 12.6 Å². The van der Waals surface area contributed by atoms with Gasteiger partial charge in [-0.1, -0.05) is 13.0 Å². The minimum atomic E-state index is -0.945. The lowest BCUT2D eigenvalue weighted by atomic mass is 9.79. The van der Waals surface area contributed by atoms with E-state index in [1.54, 1.807) is 13.0 Å². The van der Waals surface area contributed by atoms with Crippen molar-refractivity contribution in [3.05, 3.63) is 23.8 Å². The van der Waals surface area contributed by atoms with E-state index in [1.807, 2.05) is 19.1 Å². The number of hydrogen-bond donors (Lipinski definition) is 3. The molecular weight excluding hydrogens is 257 g/mol. The Bertz CT molecular complexity index is 455. The predicted octanol–water partition coefficient (Wildman–Crippen LogP) is 0.332. The number of fused-ring (bicyclic) bond motifs is 1. The van der Waals surface area contributed by atoms with Gasteiger partial charge in [0.1, 0.15) is 11.9 Å². The molecule has 20 heavy (non-hydrogen) atoms. The van der Waals surface area contributed by atoms with E-state index in [-0.39, 0.29) is 12.2 Å². The number of nitrogens with two attached hydrogens (primary N) is 1. The zero-order valence-electron chi connectivity index (χ0n) is 12.0. The molecule has 6 heteroatoms. The largest absolute Gasteiger partial charge is 0.492 e. The van der Waals surface area contributed by atoms with Crippen molar-refractivity contribution in [2.24, 2.45) is 5.73 Å². The van der Waals surface area contributed by atoms with E-state index in [9.17, 15) is 10.1 Å². The lowest BCUT2D eigenvalue weighted by Gasteiger charge is -2.19. The molecule has 0 amide bonds. The maximum Gasteiger partial charge on any atom is 0.492 e. The van der Waals surface area contributed by atoms with Crippen LogP contribution in [0.5, 0.6) is 5.75 Å². The molecule has 0 aromatic heterocycles. The molecule has 1 aliphatic heterocycles. The Morgan fingerprint density at radius 2 is 2.25 bits per heavy atom. The summed E-state index contributed by atoms with van der Waals surface area (Å²) in [6.45, 7) is 4.10. The smallest absolute Gasteiger partial charge is 0.490 e. The number of ether oxygens (including phenoxy) is 1. The summed E-state index contributed by atoms with van der Waals surface area (Å²) in [7, 11) is -0.945. The predicted molar refractivity (Wildman–Crippen MR) is 77.9 cm³/mol. The van der Waals surface area contributed by atoms with Crippen LogP contribution in [0.4, 0.5) is 0 Å². The molecule has 0 fully saturated rings. The van der Waals surface area contributed by atoms with Gasteiger partial charge in [0.25, 0.3) is 0 Å². The van der Waals surface area contributed by atoms with Crippen LogP contribution in [0, 0.1) is 0 Å². The van der Waals surface area contributed by atoms with Crippen molar-refractivity contribution < 1.29 is 19.5 Å². The minimum absolute atomic E-state index is 0.0437. The normalized spacial score (nSPS) is 20.6. The maximum atomic E-state index is 9.87. The highest BCUT2D eigenvalue weighted by Gasteiger charge is 2.34. The molecular formula is C14H22BNO4. The van der Waals surface area contributed by atoms with Crippen molar-refractivity contribution in [1.82, 2.24) is 0 Å².